The second-order valence-electron chi connectivity index (χ2n) is 6.17. The summed E-state index contributed by atoms with van der Waals surface area (Å²) in [5.74, 6) is 0.473. The van der Waals surface area contributed by atoms with E-state index in [9.17, 15) is 9.59 Å². The molecule has 6 heteroatoms. The Hall–Kier alpha value is -2.37. The van der Waals surface area contributed by atoms with Crippen LogP contribution in [0.5, 0.6) is 0 Å². The second kappa shape index (κ2) is 5.12. The van der Waals surface area contributed by atoms with Crippen LogP contribution in [0.3, 0.4) is 0 Å². The topological polar surface area (TPSA) is 86.9 Å². The number of hydrogen-bond acceptors (Lipinski definition) is 3. The van der Waals surface area contributed by atoms with Crippen molar-refractivity contribution in [3.8, 4) is 0 Å². The van der Waals surface area contributed by atoms with Crippen LogP contribution in [0, 0.1) is 5.92 Å². The number of carbonyl (C=O) groups excluding carboxylic acids is 2. The molecule has 2 atom stereocenters. The van der Waals surface area contributed by atoms with Gasteiger partial charge in [0.2, 0.25) is 5.91 Å². The summed E-state index contributed by atoms with van der Waals surface area (Å²) in [4.78, 5) is 31.3. The lowest BCUT2D eigenvalue weighted by Crippen LogP contribution is -2.56. The fourth-order valence-electron chi connectivity index (χ4n) is 3.21. The van der Waals surface area contributed by atoms with Crippen LogP contribution in [-0.2, 0) is 4.79 Å². The first-order valence-corrected chi connectivity index (χ1v) is 7.75. The van der Waals surface area contributed by atoms with Crippen molar-refractivity contribution in [3.63, 3.8) is 0 Å². The molecule has 22 heavy (non-hydrogen) atoms. The van der Waals surface area contributed by atoms with Gasteiger partial charge >= 0.3 is 0 Å². The van der Waals surface area contributed by atoms with Gasteiger partial charge in [-0.1, -0.05) is 0 Å². The zero-order valence-electron chi connectivity index (χ0n) is 12.1. The van der Waals surface area contributed by atoms with Gasteiger partial charge in [0.1, 0.15) is 11.3 Å². The third-order valence-corrected chi connectivity index (χ3v) is 4.53. The van der Waals surface area contributed by atoms with Crippen LogP contribution in [0.4, 0.5) is 0 Å². The third-order valence-electron chi connectivity index (χ3n) is 4.53. The van der Waals surface area contributed by atoms with Crippen molar-refractivity contribution in [2.45, 2.75) is 37.8 Å². The number of nitrogens with one attached hydrogen (secondary N) is 3. The molecule has 1 saturated heterocycles. The van der Waals surface area contributed by atoms with E-state index in [4.69, 9.17) is 0 Å². The van der Waals surface area contributed by atoms with Gasteiger partial charge < -0.3 is 15.6 Å². The highest BCUT2D eigenvalue weighted by Crippen LogP contribution is 2.36. The Balaban J connectivity index is 1.51. The summed E-state index contributed by atoms with van der Waals surface area (Å²) >= 11 is 0. The molecular weight excluding hydrogens is 280 g/mol. The highest BCUT2D eigenvalue weighted by molar-refractivity contribution is 5.97. The maximum atomic E-state index is 12.5. The average molecular weight is 298 g/mol. The molecular formula is C16H18N4O2. The molecule has 2 amide bonds. The largest absolute Gasteiger partial charge is 0.351 e. The van der Waals surface area contributed by atoms with Crippen LogP contribution in [0.25, 0.3) is 11.0 Å². The van der Waals surface area contributed by atoms with Crippen LogP contribution < -0.4 is 10.6 Å². The van der Waals surface area contributed by atoms with Gasteiger partial charge in [-0.3, -0.25) is 9.59 Å². The van der Waals surface area contributed by atoms with Crippen molar-refractivity contribution in [3.05, 3.63) is 30.1 Å². The van der Waals surface area contributed by atoms with Crippen LogP contribution in [-0.4, -0.2) is 33.9 Å². The molecule has 6 nitrogen and oxygen atoms in total. The summed E-state index contributed by atoms with van der Waals surface area (Å²) in [6.07, 6.45) is 5.14. The molecule has 114 valence electrons. The number of amides is 2. The lowest BCUT2D eigenvalue weighted by molar-refractivity contribution is -0.124. The highest BCUT2D eigenvalue weighted by Gasteiger charge is 2.40. The van der Waals surface area contributed by atoms with Crippen molar-refractivity contribution >= 4 is 22.8 Å². The Kier molecular flexibility index (Phi) is 3.10. The number of H-pyrrole nitrogens is 1. The van der Waals surface area contributed by atoms with Crippen LogP contribution >= 0.6 is 0 Å². The number of fused-ring (bicyclic) bond motifs is 1. The average Bonchev–Trinajstić information content (AvgIpc) is 3.27. The molecule has 0 aromatic carbocycles. The fraction of sp³-hybridized carbons (Fsp3) is 0.438. The van der Waals surface area contributed by atoms with Crippen molar-refractivity contribution < 1.29 is 9.59 Å². The Bertz CT molecular complexity index is 702. The molecule has 1 aliphatic carbocycles. The number of nitrogens with zero attached hydrogens (tertiary/aromatic N) is 1. The van der Waals surface area contributed by atoms with Gasteiger partial charge in [-0.25, -0.2) is 4.98 Å². The first-order valence-electron chi connectivity index (χ1n) is 7.75. The second-order valence-corrected chi connectivity index (χ2v) is 6.17. The van der Waals surface area contributed by atoms with E-state index in [-0.39, 0.29) is 23.9 Å². The Morgan fingerprint density at radius 1 is 1.32 bits per heavy atom. The number of carbonyl (C=O) groups is 2. The van der Waals surface area contributed by atoms with Crippen molar-refractivity contribution in [1.82, 2.24) is 20.6 Å². The molecule has 1 saturated carbocycles. The molecule has 1 aliphatic heterocycles. The SMILES string of the molecule is O=C1CC[C@@H](NC(=O)c2cc3cccnc3[nH]2)[C@H](C2CC2)N1. The monoisotopic (exact) mass is 298 g/mol. The number of rotatable bonds is 3. The van der Waals surface area contributed by atoms with E-state index in [2.05, 4.69) is 20.6 Å². The minimum atomic E-state index is -0.134. The van der Waals surface area contributed by atoms with Gasteiger partial charge in [-0.2, -0.15) is 0 Å². The van der Waals surface area contributed by atoms with E-state index < -0.39 is 0 Å². The van der Waals surface area contributed by atoms with E-state index in [0.717, 1.165) is 18.2 Å². The summed E-state index contributed by atoms with van der Waals surface area (Å²) < 4.78 is 0. The minimum absolute atomic E-state index is 0.0112. The Morgan fingerprint density at radius 3 is 2.95 bits per heavy atom. The summed E-state index contributed by atoms with van der Waals surface area (Å²) in [7, 11) is 0. The van der Waals surface area contributed by atoms with Crippen LogP contribution in [0.2, 0.25) is 0 Å². The Morgan fingerprint density at radius 2 is 2.18 bits per heavy atom. The first kappa shape index (κ1) is 13.3. The predicted octanol–water partition coefficient (Wildman–Crippen LogP) is 1.35. The normalized spacial score (nSPS) is 25.0. The molecule has 2 aliphatic rings. The summed E-state index contributed by atoms with van der Waals surface area (Å²) in [5, 5.41) is 7.03. The maximum Gasteiger partial charge on any atom is 0.268 e. The molecule has 2 aromatic heterocycles. The van der Waals surface area contributed by atoms with Crippen molar-refractivity contribution in [2.24, 2.45) is 5.92 Å². The van der Waals surface area contributed by atoms with Gasteiger partial charge in [0.05, 0.1) is 12.1 Å². The van der Waals surface area contributed by atoms with Gasteiger partial charge in [-0.05, 0) is 43.4 Å². The van der Waals surface area contributed by atoms with Gasteiger partial charge in [-0.15, -0.1) is 0 Å². The molecule has 3 heterocycles. The molecule has 2 aromatic rings. The van der Waals surface area contributed by atoms with E-state index in [1.807, 2.05) is 18.2 Å². The van der Waals surface area contributed by atoms with Gasteiger partial charge in [0.25, 0.3) is 5.91 Å². The Labute approximate surface area is 127 Å². The van der Waals surface area contributed by atoms with Crippen molar-refractivity contribution in [1.29, 1.82) is 0 Å². The number of hydrogen-bond donors (Lipinski definition) is 3. The number of pyridine rings is 1. The molecule has 0 radical (unpaired) electrons. The highest BCUT2D eigenvalue weighted by atomic mass is 16.2. The smallest absolute Gasteiger partial charge is 0.268 e. The number of aromatic amines is 1. The summed E-state index contributed by atoms with van der Waals surface area (Å²) in [5.41, 5.74) is 1.23. The molecule has 0 spiro atoms. The van der Waals surface area contributed by atoms with Crippen LogP contribution in [0.1, 0.15) is 36.2 Å². The lowest BCUT2D eigenvalue weighted by Gasteiger charge is -2.32. The molecule has 0 bridgehead atoms. The van der Waals surface area contributed by atoms with Gasteiger partial charge in [0, 0.05) is 18.0 Å². The van der Waals surface area contributed by atoms with Crippen molar-refractivity contribution in [2.75, 3.05) is 0 Å². The molecule has 2 fully saturated rings. The quantitative estimate of drug-likeness (QED) is 0.799. The predicted molar refractivity (Wildman–Crippen MR) is 81.2 cm³/mol. The first-order chi connectivity index (χ1) is 10.7. The molecule has 0 unspecified atom stereocenters. The lowest BCUT2D eigenvalue weighted by atomic mass is 9.94. The van der Waals surface area contributed by atoms with Crippen LogP contribution in [0.15, 0.2) is 24.4 Å². The zero-order valence-corrected chi connectivity index (χ0v) is 12.1. The summed E-state index contributed by atoms with van der Waals surface area (Å²) in [6.45, 7) is 0. The molecule has 4 rings (SSSR count). The van der Waals surface area contributed by atoms with E-state index in [1.54, 1.807) is 6.20 Å². The third kappa shape index (κ3) is 2.45. The standard InChI is InChI=1S/C16H18N4O2/c21-13-6-5-11(14(20-13)9-3-4-9)19-16(22)12-8-10-2-1-7-17-15(10)18-12/h1-2,7-9,11,14H,3-6H2,(H,17,18)(H,19,22)(H,20,21)/t11-,14+/m1/s1. The maximum absolute atomic E-state index is 12.5. The minimum Gasteiger partial charge on any atom is -0.351 e. The number of aromatic nitrogens is 2. The van der Waals surface area contributed by atoms with E-state index >= 15 is 0 Å². The van der Waals surface area contributed by atoms with E-state index in [1.165, 1.54) is 0 Å². The van der Waals surface area contributed by atoms with Gasteiger partial charge in [0.15, 0.2) is 0 Å². The zero-order chi connectivity index (χ0) is 15.1. The summed E-state index contributed by atoms with van der Waals surface area (Å²) in [6, 6.07) is 5.66. The van der Waals surface area contributed by atoms with E-state index in [0.29, 0.717) is 30.1 Å². The fourth-order valence-corrected chi connectivity index (χ4v) is 3.21. The molecule has 3 N–H and O–H groups in total. The number of piperidine rings is 1.